The van der Waals surface area contributed by atoms with E-state index < -0.39 is 5.54 Å². The fraction of sp³-hybridized carbons (Fsp3) is 0.818. The number of hydrogen-bond donors (Lipinski definition) is 2. The van der Waals surface area contributed by atoms with Crippen LogP contribution in [0.3, 0.4) is 0 Å². The highest BCUT2D eigenvalue weighted by atomic mass is 16.2. The second-order valence-electron chi connectivity index (χ2n) is 5.84. The number of rotatable bonds is 0. The number of aliphatic imine (C=N–C) groups is 1. The number of nitrogens with two attached hydrogens (primary N) is 1. The third-order valence-corrected chi connectivity index (χ3v) is 3.36. The summed E-state index contributed by atoms with van der Waals surface area (Å²) < 4.78 is 0. The lowest BCUT2D eigenvalue weighted by molar-refractivity contribution is -0.127. The van der Waals surface area contributed by atoms with Crippen LogP contribution < -0.4 is 11.1 Å². The van der Waals surface area contributed by atoms with Gasteiger partial charge in [0, 0.05) is 0 Å². The van der Waals surface area contributed by atoms with E-state index in [9.17, 15) is 4.79 Å². The maximum atomic E-state index is 11.9. The molecule has 0 aromatic rings. The molecule has 2 unspecified atom stereocenters. The summed E-state index contributed by atoms with van der Waals surface area (Å²) in [4.78, 5) is 16.2. The highest BCUT2D eigenvalue weighted by Crippen LogP contribution is 2.46. The van der Waals surface area contributed by atoms with Gasteiger partial charge in [0.1, 0.15) is 5.54 Å². The normalized spacial score (nSPS) is 39.0. The Bertz CT molecular complexity index is 335. The van der Waals surface area contributed by atoms with Crippen LogP contribution in [-0.2, 0) is 4.79 Å². The largest absolute Gasteiger partial charge is 0.370 e. The third-order valence-electron chi connectivity index (χ3n) is 3.36. The minimum absolute atomic E-state index is 0.0142. The topological polar surface area (TPSA) is 67.5 Å². The molecule has 2 atom stereocenters. The lowest BCUT2D eigenvalue weighted by Crippen LogP contribution is -2.48. The monoisotopic (exact) mass is 209 g/mol. The van der Waals surface area contributed by atoms with Gasteiger partial charge in [-0.1, -0.05) is 20.8 Å². The highest BCUT2D eigenvalue weighted by molar-refractivity contribution is 6.06. The van der Waals surface area contributed by atoms with Crippen molar-refractivity contribution in [1.29, 1.82) is 0 Å². The van der Waals surface area contributed by atoms with Crippen LogP contribution in [0.5, 0.6) is 0 Å². The van der Waals surface area contributed by atoms with Crippen LogP contribution >= 0.6 is 0 Å². The lowest BCUT2D eigenvalue weighted by atomic mass is 9.64. The molecule has 0 aromatic heterocycles. The van der Waals surface area contributed by atoms with Gasteiger partial charge in [0.25, 0.3) is 5.91 Å². The van der Waals surface area contributed by atoms with Gasteiger partial charge < -0.3 is 5.73 Å². The predicted octanol–water partition coefficient (Wildman–Crippen LogP) is 1.02. The first-order chi connectivity index (χ1) is 6.83. The summed E-state index contributed by atoms with van der Waals surface area (Å²) >= 11 is 0. The minimum Gasteiger partial charge on any atom is -0.370 e. The number of amides is 1. The van der Waals surface area contributed by atoms with E-state index in [0.29, 0.717) is 5.92 Å². The zero-order valence-electron chi connectivity index (χ0n) is 9.63. The summed E-state index contributed by atoms with van der Waals surface area (Å²) in [6.07, 6.45) is 2.78. The fourth-order valence-corrected chi connectivity index (χ4v) is 3.33. The van der Waals surface area contributed by atoms with Gasteiger partial charge in [-0.05, 0) is 30.6 Å². The smallest absolute Gasteiger partial charge is 0.254 e. The van der Waals surface area contributed by atoms with Crippen LogP contribution in [0.1, 0.15) is 40.0 Å². The molecule has 84 valence electrons. The van der Waals surface area contributed by atoms with Gasteiger partial charge in [0.15, 0.2) is 5.96 Å². The van der Waals surface area contributed by atoms with Gasteiger partial charge in [-0.25, -0.2) is 4.99 Å². The van der Waals surface area contributed by atoms with E-state index in [2.05, 4.69) is 31.1 Å². The van der Waals surface area contributed by atoms with Gasteiger partial charge in [-0.15, -0.1) is 0 Å². The second kappa shape index (κ2) is 2.97. The Balaban J connectivity index is 2.32. The SMILES string of the molecule is CC1CC(C)(C)CC2(C1)N=C(N)NC2=O. The first-order valence-corrected chi connectivity index (χ1v) is 5.50. The Morgan fingerprint density at radius 3 is 2.60 bits per heavy atom. The molecule has 0 saturated heterocycles. The molecule has 4 heteroatoms. The molecule has 1 heterocycles. The summed E-state index contributed by atoms with van der Waals surface area (Å²) in [5.41, 5.74) is 5.17. The van der Waals surface area contributed by atoms with E-state index in [4.69, 9.17) is 5.73 Å². The predicted molar refractivity (Wildman–Crippen MR) is 59.3 cm³/mol. The summed E-state index contributed by atoms with van der Waals surface area (Å²) in [6, 6.07) is 0. The molecule has 1 fully saturated rings. The molecule has 15 heavy (non-hydrogen) atoms. The first kappa shape index (κ1) is 10.5. The maximum absolute atomic E-state index is 11.9. The molecule has 1 aliphatic carbocycles. The van der Waals surface area contributed by atoms with E-state index >= 15 is 0 Å². The number of carbonyl (C=O) groups is 1. The number of nitrogens with one attached hydrogen (secondary N) is 1. The Morgan fingerprint density at radius 2 is 2.13 bits per heavy atom. The molecule has 0 radical (unpaired) electrons. The van der Waals surface area contributed by atoms with Crippen molar-refractivity contribution in [3.63, 3.8) is 0 Å². The van der Waals surface area contributed by atoms with Gasteiger partial charge in [-0.2, -0.15) is 0 Å². The van der Waals surface area contributed by atoms with Crippen molar-refractivity contribution >= 4 is 11.9 Å². The average molecular weight is 209 g/mol. The van der Waals surface area contributed by atoms with Crippen molar-refractivity contribution in [1.82, 2.24) is 5.32 Å². The summed E-state index contributed by atoms with van der Waals surface area (Å²) in [6.45, 7) is 6.57. The first-order valence-electron chi connectivity index (χ1n) is 5.50. The maximum Gasteiger partial charge on any atom is 0.254 e. The highest BCUT2D eigenvalue weighted by Gasteiger charge is 2.50. The fourth-order valence-electron chi connectivity index (χ4n) is 3.33. The molecule has 0 aromatic carbocycles. The Labute approximate surface area is 90.3 Å². The molecule has 3 N–H and O–H groups in total. The summed E-state index contributed by atoms with van der Waals surface area (Å²) in [5, 5.41) is 2.62. The Hall–Kier alpha value is -1.06. The minimum atomic E-state index is -0.578. The zero-order chi connectivity index (χ0) is 11.3. The molecular weight excluding hydrogens is 190 g/mol. The number of guanidine groups is 1. The number of carbonyl (C=O) groups excluding carboxylic acids is 1. The van der Waals surface area contributed by atoms with Crippen molar-refractivity contribution in [2.24, 2.45) is 22.1 Å². The molecule has 1 amide bonds. The quantitative estimate of drug-likeness (QED) is 0.625. The van der Waals surface area contributed by atoms with Crippen molar-refractivity contribution in [2.75, 3.05) is 0 Å². The summed E-state index contributed by atoms with van der Waals surface area (Å²) in [5.74, 6) is 0.790. The van der Waals surface area contributed by atoms with Crippen molar-refractivity contribution < 1.29 is 4.79 Å². The average Bonchev–Trinajstić information content (AvgIpc) is 2.20. The Morgan fingerprint density at radius 1 is 1.47 bits per heavy atom. The van der Waals surface area contributed by atoms with Gasteiger partial charge in [0.05, 0.1) is 0 Å². The van der Waals surface area contributed by atoms with E-state index in [1.54, 1.807) is 0 Å². The van der Waals surface area contributed by atoms with Crippen LogP contribution in [0.2, 0.25) is 0 Å². The van der Waals surface area contributed by atoms with Crippen LogP contribution in [0.4, 0.5) is 0 Å². The van der Waals surface area contributed by atoms with Crippen molar-refractivity contribution in [2.45, 2.75) is 45.6 Å². The van der Waals surface area contributed by atoms with Crippen molar-refractivity contribution in [3.8, 4) is 0 Å². The molecule has 2 rings (SSSR count). The molecule has 0 bridgehead atoms. The number of hydrogen-bond acceptors (Lipinski definition) is 3. The standard InChI is InChI=1S/C11H19N3O/c1-7-4-10(2,3)6-11(5-7)8(15)13-9(12)14-11/h7H,4-6H2,1-3H3,(H3,12,13,14,15). The van der Waals surface area contributed by atoms with Gasteiger partial charge in [-0.3, -0.25) is 10.1 Å². The zero-order valence-corrected chi connectivity index (χ0v) is 9.63. The van der Waals surface area contributed by atoms with Gasteiger partial charge in [0.2, 0.25) is 0 Å². The van der Waals surface area contributed by atoms with E-state index in [0.717, 1.165) is 19.3 Å². The Kier molecular flexibility index (Phi) is 2.07. The molecule has 4 nitrogen and oxygen atoms in total. The molecule has 1 aliphatic heterocycles. The van der Waals surface area contributed by atoms with Gasteiger partial charge >= 0.3 is 0 Å². The van der Waals surface area contributed by atoms with Crippen LogP contribution in [0.15, 0.2) is 4.99 Å². The molecule has 1 spiro atoms. The molecule has 1 saturated carbocycles. The lowest BCUT2D eigenvalue weighted by Gasteiger charge is -2.42. The van der Waals surface area contributed by atoms with Crippen LogP contribution in [0, 0.1) is 11.3 Å². The third kappa shape index (κ3) is 1.73. The number of nitrogens with zero attached hydrogens (tertiary/aromatic N) is 1. The summed E-state index contributed by atoms with van der Waals surface area (Å²) in [7, 11) is 0. The van der Waals surface area contributed by atoms with E-state index in [1.165, 1.54) is 0 Å². The van der Waals surface area contributed by atoms with Crippen LogP contribution in [-0.4, -0.2) is 17.4 Å². The second-order valence-corrected chi connectivity index (χ2v) is 5.84. The molecular formula is C11H19N3O. The van der Waals surface area contributed by atoms with E-state index in [-0.39, 0.29) is 17.3 Å². The molecule has 2 aliphatic rings. The van der Waals surface area contributed by atoms with E-state index in [1.807, 2.05) is 0 Å². The van der Waals surface area contributed by atoms with Crippen molar-refractivity contribution in [3.05, 3.63) is 0 Å². The van der Waals surface area contributed by atoms with Crippen LogP contribution in [0.25, 0.3) is 0 Å².